The van der Waals surface area contributed by atoms with Crippen molar-refractivity contribution in [3.63, 3.8) is 0 Å². The highest BCUT2D eigenvalue weighted by molar-refractivity contribution is 5.11. The Morgan fingerprint density at radius 2 is 2.06 bits per heavy atom. The molecule has 4 nitrogen and oxygen atoms in total. The molecule has 1 fully saturated rings. The van der Waals surface area contributed by atoms with Crippen molar-refractivity contribution in [1.82, 2.24) is 15.5 Å². The highest BCUT2D eigenvalue weighted by Crippen LogP contribution is 2.27. The molecular formula is C11H14F3N3O. The molecule has 1 saturated carbocycles. The van der Waals surface area contributed by atoms with Crippen molar-refractivity contribution in [2.45, 2.75) is 25.6 Å². The molecular weight excluding hydrogens is 247 g/mol. The molecule has 1 heterocycles. The number of nitrogens with one attached hydrogen (secondary N) is 1. The van der Waals surface area contributed by atoms with E-state index in [9.17, 15) is 13.2 Å². The van der Waals surface area contributed by atoms with Crippen LogP contribution in [0.3, 0.4) is 0 Å². The van der Waals surface area contributed by atoms with Gasteiger partial charge in [0.2, 0.25) is 5.88 Å². The van der Waals surface area contributed by atoms with Crippen molar-refractivity contribution < 1.29 is 17.9 Å². The lowest BCUT2D eigenvalue weighted by Crippen LogP contribution is -2.20. The summed E-state index contributed by atoms with van der Waals surface area (Å²) >= 11 is 0. The van der Waals surface area contributed by atoms with Crippen LogP contribution in [-0.2, 0) is 6.54 Å². The second-order valence-corrected chi connectivity index (χ2v) is 4.34. The van der Waals surface area contributed by atoms with Crippen LogP contribution >= 0.6 is 0 Å². The molecule has 100 valence electrons. The molecule has 1 aliphatic rings. The number of aromatic nitrogens is 2. The largest absolute Gasteiger partial charge is 0.467 e. The summed E-state index contributed by atoms with van der Waals surface area (Å²) in [7, 11) is 0. The van der Waals surface area contributed by atoms with Crippen LogP contribution in [0.2, 0.25) is 0 Å². The summed E-state index contributed by atoms with van der Waals surface area (Å²) in [5.41, 5.74) is 0.690. The van der Waals surface area contributed by atoms with Crippen molar-refractivity contribution in [1.29, 1.82) is 0 Å². The van der Waals surface area contributed by atoms with Gasteiger partial charge in [-0.05, 0) is 31.4 Å². The van der Waals surface area contributed by atoms with Gasteiger partial charge in [0.05, 0.1) is 5.69 Å². The van der Waals surface area contributed by atoms with Gasteiger partial charge in [0.25, 0.3) is 0 Å². The average Bonchev–Trinajstić information content (AvgIpc) is 3.11. The average molecular weight is 261 g/mol. The minimum atomic E-state index is -4.35. The molecule has 0 radical (unpaired) electrons. The summed E-state index contributed by atoms with van der Waals surface area (Å²) in [4.78, 5) is 0. The van der Waals surface area contributed by atoms with Crippen molar-refractivity contribution in [2.75, 3.05) is 13.2 Å². The van der Waals surface area contributed by atoms with Crippen LogP contribution in [0.15, 0.2) is 12.1 Å². The van der Waals surface area contributed by atoms with Gasteiger partial charge in [0.1, 0.15) is 0 Å². The number of ether oxygens (including phenoxy) is 1. The van der Waals surface area contributed by atoms with E-state index in [2.05, 4.69) is 20.3 Å². The van der Waals surface area contributed by atoms with Crippen LogP contribution in [-0.4, -0.2) is 29.5 Å². The Kier molecular flexibility index (Phi) is 4.00. The Morgan fingerprint density at radius 3 is 2.61 bits per heavy atom. The molecule has 18 heavy (non-hydrogen) atoms. The Bertz CT molecular complexity index is 376. The van der Waals surface area contributed by atoms with E-state index in [-0.39, 0.29) is 5.88 Å². The zero-order valence-electron chi connectivity index (χ0n) is 9.70. The molecule has 0 aliphatic heterocycles. The Balaban J connectivity index is 1.73. The molecule has 7 heteroatoms. The molecule has 0 spiro atoms. The van der Waals surface area contributed by atoms with Crippen LogP contribution in [0.4, 0.5) is 13.2 Å². The summed E-state index contributed by atoms with van der Waals surface area (Å²) in [6.45, 7) is 0.179. The summed E-state index contributed by atoms with van der Waals surface area (Å²) < 4.78 is 40.1. The van der Waals surface area contributed by atoms with Gasteiger partial charge in [0, 0.05) is 12.6 Å². The van der Waals surface area contributed by atoms with Gasteiger partial charge in [0.15, 0.2) is 6.61 Å². The third-order valence-corrected chi connectivity index (χ3v) is 2.52. The maximum absolute atomic E-state index is 11.9. The van der Waals surface area contributed by atoms with E-state index < -0.39 is 12.8 Å². The summed E-state index contributed by atoms with van der Waals surface area (Å²) in [5.74, 6) is 0.658. The summed E-state index contributed by atoms with van der Waals surface area (Å²) in [6, 6.07) is 3.01. The number of nitrogens with zero attached hydrogens (tertiary/aromatic N) is 2. The number of halogens is 3. The first-order valence-electron chi connectivity index (χ1n) is 5.76. The molecule has 1 N–H and O–H groups in total. The van der Waals surface area contributed by atoms with Gasteiger partial charge in [-0.15, -0.1) is 5.10 Å². The van der Waals surface area contributed by atoms with E-state index in [0.717, 1.165) is 12.5 Å². The number of hydrogen-bond acceptors (Lipinski definition) is 4. The fourth-order valence-corrected chi connectivity index (χ4v) is 1.40. The minimum Gasteiger partial charge on any atom is -0.467 e. The van der Waals surface area contributed by atoms with Crippen LogP contribution in [0.25, 0.3) is 0 Å². The molecule has 0 unspecified atom stereocenters. The molecule has 1 aromatic heterocycles. The van der Waals surface area contributed by atoms with Crippen molar-refractivity contribution in [3.05, 3.63) is 17.8 Å². The summed E-state index contributed by atoms with van der Waals surface area (Å²) in [6.07, 6.45) is -1.82. The van der Waals surface area contributed by atoms with E-state index in [1.807, 2.05) is 0 Å². The maximum atomic E-state index is 11.9. The van der Waals surface area contributed by atoms with Gasteiger partial charge in [-0.1, -0.05) is 0 Å². The van der Waals surface area contributed by atoms with Crippen molar-refractivity contribution in [2.24, 2.45) is 5.92 Å². The highest BCUT2D eigenvalue weighted by atomic mass is 19.4. The quantitative estimate of drug-likeness (QED) is 0.849. The van der Waals surface area contributed by atoms with E-state index in [0.29, 0.717) is 12.2 Å². The Hall–Kier alpha value is -1.37. The minimum absolute atomic E-state index is 0.113. The van der Waals surface area contributed by atoms with Gasteiger partial charge in [-0.2, -0.15) is 18.3 Å². The topological polar surface area (TPSA) is 47.0 Å². The Labute approximate surface area is 103 Å². The monoisotopic (exact) mass is 261 g/mol. The van der Waals surface area contributed by atoms with E-state index in [1.54, 1.807) is 6.07 Å². The van der Waals surface area contributed by atoms with Crippen LogP contribution < -0.4 is 10.1 Å². The molecule has 0 aromatic carbocycles. The SMILES string of the molecule is FC(F)(F)COc1ccc(CNCC2CC2)nn1. The highest BCUT2D eigenvalue weighted by Gasteiger charge is 2.28. The predicted molar refractivity (Wildman–Crippen MR) is 58.0 cm³/mol. The van der Waals surface area contributed by atoms with E-state index in [4.69, 9.17) is 0 Å². The molecule has 0 bridgehead atoms. The van der Waals surface area contributed by atoms with Gasteiger partial charge in [-0.25, -0.2) is 0 Å². The van der Waals surface area contributed by atoms with Crippen molar-refractivity contribution in [3.8, 4) is 5.88 Å². The normalized spacial score (nSPS) is 15.7. The lowest BCUT2D eigenvalue weighted by atomic mass is 10.3. The van der Waals surface area contributed by atoms with Crippen LogP contribution in [0, 0.1) is 5.92 Å². The smallest absolute Gasteiger partial charge is 0.422 e. The first-order chi connectivity index (χ1) is 8.53. The number of alkyl halides is 3. The van der Waals surface area contributed by atoms with Gasteiger partial charge >= 0.3 is 6.18 Å². The van der Waals surface area contributed by atoms with E-state index in [1.165, 1.54) is 18.9 Å². The predicted octanol–water partition coefficient (Wildman–Crippen LogP) is 1.92. The van der Waals surface area contributed by atoms with Crippen LogP contribution in [0.5, 0.6) is 5.88 Å². The molecule has 1 aromatic rings. The fourth-order valence-electron chi connectivity index (χ4n) is 1.40. The third kappa shape index (κ3) is 4.87. The lowest BCUT2D eigenvalue weighted by molar-refractivity contribution is -0.154. The zero-order chi connectivity index (χ0) is 13.0. The Morgan fingerprint density at radius 1 is 1.28 bits per heavy atom. The molecule has 0 amide bonds. The second kappa shape index (κ2) is 5.51. The fraction of sp³-hybridized carbons (Fsp3) is 0.636. The van der Waals surface area contributed by atoms with E-state index >= 15 is 0 Å². The van der Waals surface area contributed by atoms with Gasteiger partial charge < -0.3 is 10.1 Å². The number of rotatable bonds is 6. The molecule has 2 rings (SSSR count). The number of hydrogen-bond donors (Lipinski definition) is 1. The maximum Gasteiger partial charge on any atom is 0.422 e. The summed E-state index contributed by atoms with van der Waals surface area (Å²) in [5, 5.41) is 10.6. The first-order valence-corrected chi connectivity index (χ1v) is 5.76. The second-order valence-electron chi connectivity index (χ2n) is 4.34. The molecule has 1 aliphatic carbocycles. The van der Waals surface area contributed by atoms with Gasteiger partial charge in [-0.3, -0.25) is 0 Å². The first kappa shape index (κ1) is 13.1. The standard InChI is InChI=1S/C11H14F3N3O/c12-11(13,14)7-18-10-4-3-9(16-17-10)6-15-5-8-1-2-8/h3-4,8,15H,1-2,5-7H2. The van der Waals surface area contributed by atoms with Crippen LogP contribution in [0.1, 0.15) is 18.5 Å². The molecule has 0 atom stereocenters. The van der Waals surface area contributed by atoms with Crippen molar-refractivity contribution >= 4 is 0 Å². The lowest BCUT2D eigenvalue weighted by Gasteiger charge is -2.08. The third-order valence-electron chi connectivity index (χ3n) is 2.52. The zero-order valence-corrected chi connectivity index (χ0v) is 9.70. The molecule has 0 saturated heterocycles.